The predicted molar refractivity (Wildman–Crippen MR) is 69.6 cm³/mol. The molecule has 0 spiro atoms. The molecule has 0 aliphatic carbocycles. The summed E-state index contributed by atoms with van der Waals surface area (Å²) < 4.78 is 19.3. The zero-order chi connectivity index (χ0) is 14.2. The zero-order valence-electron chi connectivity index (χ0n) is 10.8. The van der Waals surface area contributed by atoms with E-state index in [4.69, 9.17) is 4.74 Å². The van der Waals surface area contributed by atoms with Crippen LogP contribution in [0.5, 0.6) is 0 Å². The fourth-order valence-corrected chi connectivity index (χ4v) is 2.58. The Kier molecular flexibility index (Phi) is 3.07. The zero-order valence-corrected chi connectivity index (χ0v) is 10.8. The van der Waals surface area contributed by atoms with Crippen LogP contribution in [0, 0.1) is 17.1 Å². The number of nitriles is 1. The number of carbonyl (C=O) groups is 1. The fraction of sp³-hybridized carbons (Fsp3) is 0.429. The van der Waals surface area contributed by atoms with Crippen molar-refractivity contribution in [3.63, 3.8) is 0 Å². The molecule has 2 heterocycles. The monoisotopic (exact) mass is 275 g/mol. The quantitative estimate of drug-likeness (QED) is 0.859. The largest absolute Gasteiger partial charge is 0.381 e. The van der Waals surface area contributed by atoms with Crippen LogP contribution >= 0.6 is 0 Å². The molecule has 1 aromatic rings. The summed E-state index contributed by atoms with van der Waals surface area (Å²) in [6.07, 6.45) is 0.985. The number of ether oxygens (including phenoxy) is 1. The van der Waals surface area contributed by atoms with Gasteiger partial charge in [-0.05, 0) is 17.7 Å². The minimum Gasteiger partial charge on any atom is -0.381 e. The average Bonchev–Trinajstić information content (AvgIpc) is 2.81. The summed E-state index contributed by atoms with van der Waals surface area (Å²) in [4.78, 5) is 11.6. The molecule has 1 fully saturated rings. The number of nitrogens with zero attached hydrogens (tertiary/aromatic N) is 1. The van der Waals surface area contributed by atoms with E-state index in [-0.39, 0.29) is 11.6 Å². The molecule has 20 heavy (non-hydrogen) atoms. The molecule has 0 radical (unpaired) electrons. The van der Waals surface area contributed by atoms with Gasteiger partial charge in [-0.2, -0.15) is 5.26 Å². The molecule has 6 heteroatoms. The van der Waals surface area contributed by atoms with Gasteiger partial charge in [0.15, 0.2) is 0 Å². The maximum atomic E-state index is 14.1. The second kappa shape index (κ2) is 4.76. The van der Waals surface area contributed by atoms with E-state index in [1.807, 2.05) is 0 Å². The lowest BCUT2D eigenvalue weighted by Crippen LogP contribution is -2.42. The minimum atomic E-state index is -0.831. The Morgan fingerprint density at radius 2 is 2.15 bits per heavy atom. The van der Waals surface area contributed by atoms with Gasteiger partial charge in [-0.3, -0.25) is 4.79 Å². The number of rotatable bonds is 2. The van der Waals surface area contributed by atoms with E-state index in [1.165, 1.54) is 12.1 Å². The molecule has 5 nitrogen and oxygen atoms in total. The van der Waals surface area contributed by atoms with Crippen LogP contribution in [0.1, 0.15) is 28.8 Å². The van der Waals surface area contributed by atoms with Crippen molar-refractivity contribution < 1.29 is 13.9 Å². The van der Waals surface area contributed by atoms with Crippen LogP contribution in [0.15, 0.2) is 12.1 Å². The topological polar surface area (TPSA) is 74.2 Å². The number of benzene rings is 1. The second-order valence-electron chi connectivity index (χ2n) is 5.10. The summed E-state index contributed by atoms with van der Waals surface area (Å²) in [5.41, 5.74) is 0.483. The van der Waals surface area contributed by atoms with Crippen molar-refractivity contribution >= 4 is 11.6 Å². The lowest BCUT2D eigenvalue weighted by molar-refractivity contribution is 0.0752. The molecular weight excluding hydrogens is 261 g/mol. The van der Waals surface area contributed by atoms with E-state index in [0.29, 0.717) is 43.7 Å². The Morgan fingerprint density at radius 3 is 2.85 bits per heavy atom. The normalized spacial score (nSPS) is 19.9. The Labute approximate surface area is 115 Å². The second-order valence-corrected chi connectivity index (χ2v) is 5.10. The number of amides is 1. The summed E-state index contributed by atoms with van der Waals surface area (Å²) >= 11 is 0. The van der Waals surface area contributed by atoms with Crippen LogP contribution in [0.25, 0.3) is 0 Å². The molecule has 2 N–H and O–H groups in total. The first-order valence-corrected chi connectivity index (χ1v) is 6.51. The fourth-order valence-electron chi connectivity index (χ4n) is 2.58. The minimum absolute atomic E-state index is 0.198. The van der Waals surface area contributed by atoms with Gasteiger partial charge in [0.1, 0.15) is 11.4 Å². The van der Waals surface area contributed by atoms with E-state index in [2.05, 4.69) is 16.7 Å². The highest BCUT2D eigenvalue weighted by atomic mass is 19.1. The molecule has 2 aliphatic rings. The van der Waals surface area contributed by atoms with Crippen molar-refractivity contribution in [2.24, 2.45) is 0 Å². The smallest absolute Gasteiger partial charge is 0.251 e. The molecule has 1 amide bonds. The van der Waals surface area contributed by atoms with Gasteiger partial charge in [0.2, 0.25) is 0 Å². The SMILES string of the molecule is N#CC1(Nc2cc3c(cc2F)CNC3=O)CCOCC1. The molecule has 0 atom stereocenters. The third-order valence-corrected chi connectivity index (χ3v) is 3.81. The van der Waals surface area contributed by atoms with Crippen LogP contribution < -0.4 is 10.6 Å². The number of nitrogens with one attached hydrogen (secondary N) is 2. The summed E-state index contributed by atoms with van der Waals surface area (Å²) in [5.74, 6) is -0.651. The van der Waals surface area contributed by atoms with Crippen molar-refractivity contribution in [1.82, 2.24) is 5.32 Å². The van der Waals surface area contributed by atoms with Crippen LogP contribution in [0.2, 0.25) is 0 Å². The number of halogens is 1. The first-order valence-electron chi connectivity index (χ1n) is 6.51. The average molecular weight is 275 g/mol. The van der Waals surface area contributed by atoms with Crippen LogP contribution in [0.3, 0.4) is 0 Å². The highest BCUT2D eigenvalue weighted by Crippen LogP contribution is 2.30. The molecule has 0 saturated carbocycles. The summed E-state index contributed by atoms with van der Waals surface area (Å²) in [5, 5.41) is 15.0. The number of hydrogen-bond donors (Lipinski definition) is 2. The van der Waals surface area contributed by atoms with Gasteiger partial charge >= 0.3 is 0 Å². The van der Waals surface area contributed by atoms with Gasteiger partial charge < -0.3 is 15.4 Å². The highest BCUT2D eigenvalue weighted by Gasteiger charge is 2.34. The molecule has 0 aromatic heterocycles. The van der Waals surface area contributed by atoms with E-state index < -0.39 is 11.4 Å². The van der Waals surface area contributed by atoms with Crippen molar-refractivity contribution in [2.75, 3.05) is 18.5 Å². The number of anilines is 1. The highest BCUT2D eigenvalue weighted by molar-refractivity contribution is 5.99. The summed E-state index contributed by atoms with van der Waals surface area (Å²) in [7, 11) is 0. The van der Waals surface area contributed by atoms with Crippen LogP contribution in [-0.4, -0.2) is 24.7 Å². The van der Waals surface area contributed by atoms with E-state index in [0.717, 1.165) is 0 Å². The van der Waals surface area contributed by atoms with Gasteiger partial charge in [0.05, 0.1) is 11.8 Å². The van der Waals surface area contributed by atoms with E-state index in [9.17, 15) is 14.4 Å². The van der Waals surface area contributed by atoms with Crippen molar-refractivity contribution in [3.05, 3.63) is 29.1 Å². The van der Waals surface area contributed by atoms with Gasteiger partial charge in [-0.25, -0.2) is 4.39 Å². The number of carbonyl (C=O) groups excluding carboxylic acids is 1. The van der Waals surface area contributed by atoms with Crippen molar-refractivity contribution in [3.8, 4) is 6.07 Å². The molecule has 2 aliphatic heterocycles. The number of hydrogen-bond acceptors (Lipinski definition) is 4. The van der Waals surface area contributed by atoms with Gasteiger partial charge in [0.25, 0.3) is 5.91 Å². The van der Waals surface area contributed by atoms with Gasteiger partial charge in [-0.1, -0.05) is 0 Å². The van der Waals surface area contributed by atoms with Crippen LogP contribution in [0.4, 0.5) is 10.1 Å². The lowest BCUT2D eigenvalue weighted by Gasteiger charge is -2.32. The Hall–Kier alpha value is -2.13. The molecular formula is C14H14FN3O2. The standard InChI is InChI=1S/C14H14FN3O2/c15-11-5-9-7-17-13(19)10(9)6-12(11)18-14(8-16)1-3-20-4-2-14/h5-6,18H,1-4,7H2,(H,17,19). The maximum absolute atomic E-state index is 14.1. The maximum Gasteiger partial charge on any atom is 0.251 e. The van der Waals surface area contributed by atoms with Gasteiger partial charge in [-0.15, -0.1) is 0 Å². The molecule has 0 unspecified atom stereocenters. The Balaban J connectivity index is 1.93. The third kappa shape index (κ3) is 2.10. The molecule has 3 rings (SSSR count). The predicted octanol–water partition coefficient (Wildman–Crippen LogP) is 1.55. The molecule has 104 valence electrons. The molecule has 1 saturated heterocycles. The Morgan fingerprint density at radius 1 is 1.40 bits per heavy atom. The number of fused-ring (bicyclic) bond motifs is 1. The third-order valence-electron chi connectivity index (χ3n) is 3.81. The molecule has 1 aromatic carbocycles. The van der Waals surface area contributed by atoms with E-state index >= 15 is 0 Å². The lowest BCUT2D eigenvalue weighted by atomic mass is 9.91. The Bertz CT molecular complexity index is 603. The summed E-state index contributed by atoms with van der Waals surface area (Å²) in [6.45, 7) is 1.28. The molecule has 0 bridgehead atoms. The van der Waals surface area contributed by atoms with Gasteiger partial charge in [0, 0.05) is 38.2 Å². The first kappa shape index (κ1) is 12.9. The van der Waals surface area contributed by atoms with E-state index in [1.54, 1.807) is 0 Å². The first-order chi connectivity index (χ1) is 9.63. The van der Waals surface area contributed by atoms with Crippen molar-refractivity contribution in [2.45, 2.75) is 24.9 Å². The summed E-state index contributed by atoms with van der Waals surface area (Å²) in [6, 6.07) is 5.05. The van der Waals surface area contributed by atoms with Crippen molar-refractivity contribution in [1.29, 1.82) is 5.26 Å². The van der Waals surface area contributed by atoms with Crippen LogP contribution in [-0.2, 0) is 11.3 Å².